The van der Waals surface area contributed by atoms with Crippen molar-refractivity contribution in [3.63, 3.8) is 0 Å². The van der Waals surface area contributed by atoms with E-state index in [0.29, 0.717) is 30.6 Å². The predicted molar refractivity (Wildman–Crippen MR) is 84.9 cm³/mol. The van der Waals surface area contributed by atoms with Crippen LogP contribution in [0.15, 0.2) is 24.8 Å². The highest BCUT2D eigenvalue weighted by Gasteiger charge is 2.35. The molecule has 1 aliphatic rings. The second-order valence-electron chi connectivity index (χ2n) is 6.14. The summed E-state index contributed by atoms with van der Waals surface area (Å²) in [5, 5.41) is 23.4. The Hall–Kier alpha value is -2.46. The van der Waals surface area contributed by atoms with Crippen LogP contribution < -0.4 is 4.90 Å². The fraction of sp³-hybridized carbons (Fsp3) is 0.500. The lowest BCUT2D eigenvalue weighted by Crippen LogP contribution is -2.23. The molecular weight excluding hydrogens is 292 g/mol. The zero-order chi connectivity index (χ0) is 16.4. The van der Waals surface area contributed by atoms with E-state index >= 15 is 0 Å². The van der Waals surface area contributed by atoms with Gasteiger partial charge in [0.25, 0.3) is 0 Å². The summed E-state index contributed by atoms with van der Waals surface area (Å²) < 4.78 is 1.93. The second-order valence-corrected chi connectivity index (χ2v) is 6.14. The number of nitrogens with zero attached hydrogens (tertiary/aromatic N) is 6. The molecular formula is C16H20N6O. The highest BCUT2D eigenvalue weighted by atomic mass is 16.3. The van der Waals surface area contributed by atoms with Gasteiger partial charge in [-0.2, -0.15) is 10.4 Å². The lowest BCUT2D eigenvalue weighted by atomic mass is 9.92. The van der Waals surface area contributed by atoms with Gasteiger partial charge in [-0.1, -0.05) is 0 Å². The van der Waals surface area contributed by atoms with Gasteiger partial charge in [-0.25, -0.2) is 9.97 Å². The summed E-state index contributed by atoms with van der Waals surface area (Å²) in [4.78, 5) is 10.4. The minimum atomic E-state index is 0.0911. The van der Waals surface area contributed by atoms with E-state index in [9.17, 15) is 10.4 Å². The van der Waals surface area contributed by atoms with E-state index in [1.807, 2.05) is 22.0 Å². The normalized spacial score (nSPS) is 20.9. The minimum absolute atomic E-state index is 0.0911. The van der Waals surface area contributed by atoms with Crippen LogP contribution in [-0.4, -0.2) is 44.6 Å². The molecule has 2 aromatic rings. The largest absolute Gasteiger partial charge is 0.396 e. The molecule has 0 radical (unpaired) electrons. The third-order valence-corrected chi connectivity index (χ3v) is 4.34. The van der Waals surface area contributed by atoms with E-state index in [-0.39, 0.29) is 18.4 Å². The van der Waals surface area contributed by atoms with E-state index in [0.717, 1.165) is 5.56 Å². The molecule has 7 nitrogen and oxygen atoms in total. The highest BCUT2D eigenvalue weighted by Crippen LogP contribution is 2.35. The monoisotopic (exact) mass is 312 g/mol. The molecule has 0 aromatic carbocycles. The molecule has 1 N–H and O–H groups in total. The first-order chi connectivity index (χ1) is 11.1. The average Bonchev–Trinajstić information content (AvgIpc) is 3.21. The van der Waals surface area contributed by atoms with Gasteiger partial charge in [0, 0.05) is 56.2 Å². The first-order valence-corrected chi connectivity index (χ1v) is 7.75. The lowest BCUT2D eigenvalue weighted by Gasteiger charge is -2.17. The van der Waals surface area contributed by atoms with Crippen LogP contribution in [0.5, 0.6) is 0 Å². The second kappa shape index (κ2) is 6.34. The van der Waals surface area contributed by atoms with Gasteiger partial charge in [-0.05, 0) is 19.4 Å². The number of anilines is 1. The van der Waals surface area contributed by atoms with Crippen molar-refractivity contribution in [1.29, 1.82) is 5.26 Å². The fourth-order valence-corrected chi connectivity index (χ4v) is 3.07. The molecule has 0 aliphatic carbocycles. The smallest absolute Gasteiger partial charge is 0.183 e. The van der Waals surface area contributed by atoms with Crippen molar-refractivity contribution in [2.75, 3.05) is 24.6 Å². The third kappa shape index (κ3) is 2.90. The lowest BCUT2D eigenvalue weighted by molar-refractivity contribution is 0.227. The number of hydrogen-bond donors (Lipinski definition) is 1. The minimum Gasteiger partial charge on any atom is -0.396 e. The average molecular weight is 312 g/mol. The molecule has 1 saturated heterocycles. The van der Waals surface area contributed by atoms with Crippen molar-refractivity contribution in [2.45, 2.75) is 25.8 Å². The molecule has 2 atom stereocenters. The van der Waals surface area contributed by atoms with E-state index in [4.69, 9.17) is 0 Å². The quantitative estimate of drug-likeness (QED) is 0.916. The molecule has 7 heteroatoms. The van der Waals surface area contributed by atoms with Gasteiger partial charge in [0.15, 0.2) is 11.5 Å². The Labute approximate surface area is 135 Å². The standard InChI is InChI=1S/C16H20N6O/c1-11(2)22-8-12(6-20-22)14-9-21(7-13(14)10-23)16-15(5-17)18-3-4-19-16/h3-4,6,8,11,13-14,23H,7,9-10H2,1-2H3/t13-,14-/m0/s1. The number of aliphatic hydroxyl groups excluding tert-OH is 1. The van der Waals surface area contributed by atoms with Gasteiger partial charge in [0.2, 0.25) is 0 Å². The maximum absolute atomic E-state index is 9.75. The van der Waals surface area contributed by atoms with E-state index in [2.05, 4.69) is 35.0 Å². The summed E-state index contributed by atoms with van der Waals surface area (Å²) in [6.45, 7) is 5.61. The summed E-state index contributed by atoms with van der Waals surface area (Å²) >= 11 is 0. The van der Waals surface area contributed by atoms with Crippen LogP contribution in [0.2, 0.25) is 0 Å². The van der Waals surface area contributed by atoms with E-state index in [1.54, 1.807) is 6.20 Å². The molecule has 120 valence electrons. The zero-order valence-electron chi connectivity index (χ0n) is 13.3. The maximum atomic E-state index is 9.75. The number of nitriles is 1. The summed E-state index contributed by atoms with van der Waals surface area (Å²) in [6.07, 6.45) is 7.03. The highest BCUT2D eigenvalue weighted by molar-refractivity contribution is 5.51. The Morgan fingerprint density at radius 3 is 2.78 bits per heavy atom. The molecule has 2 aromatic heterocycles. The molecule has 0 amide bonds. The molecule has 23 heavy (non-hydrogen) atoms. The number of rotatable bonds is 4. The van der Waals surface area contributed by atoms with Crippen molar-refractivity contribution in [1.82, 2.24) is 19.7 Å². The van der Waals surface area contributed by atoms with Gasteiger partial charge in [0.1, 0.15) is 6.07 Å². The Kier molecular flexibility index (Phi) is 4.26. The SMILES string of the molecule is CC(C)n1cc([C@@H]2CN(c3nccnc3C#N)C[C@H]2CO)cn1. The zero-order valence-corrected chi connectivity index (χ0v) is 13.3. The van der Waals surface area contributed by atoms with Crippen molar-refractivity contribution in [3.05, 3.63) is 36.0 Å². The topological polar surface area (TPSA) is 90.9 Å². The van der Waals surface area contributed by atoms with Crippen LogP contribution in [0, 0.1) is 17.2 Å². The predicted octanol–water partition coefficient (Wildman–Crippen LogP) is 1.34. The molecule has 3 rings (SSSR count). The maximum Gasteiger partial charge on any atom is 0.183 e. The number of hydrogen-bond acceptors (Lipinski definition) is 6. The van der Waals surface area contributed by atoms with E-state index in [1.165, 1.54) is 6.20 Å². The number of aromatic nitrogens is 4. The van der Waals surface area contributed by atoms with Crippen LogP contribution in [0.3, 0.4) is 0 Å². The Balaban J connectivity index is 1.87. The molecule has 0 bridgehead atoms. The van der Waals surface area contributed by atoms with Gasteiger partial charge >= 0.3 is 0 Å². The fourth-order valence-electron chi connectivity index (χ4n) is 3.07. The Morgan fingerprint density at radius 1 is 1.35 bits per heavy atom. The van der Waals surface area contributed by atoms with Crippen LogP contribution >= 0.6 is 0 Å². The Morgan fingerprint density at radius 2 is 2.13 bits per heavy atom. The van der Waals surface area contributed by atoms with Crippen LogP contribution in [-0.2, 0) is 0 Å². The van der Waals surface area contributed by atoms with Crippen LogP contribution in [0.25, 0.3) is 0 Å². The van der Waals surface area contributed by atoms with Crippen LogP contribution in [0.1, 0.15) is 37.1 Å². The summed E-state index contributed by atoms with van der Waals surface area (Å²) in [7, 11) is 0. The van der Waals surface area contributed by atoms with Crippen molar-refractivity contribution < 1.29 is 5.11 Å². The summed E-state index contributed by atoms with van der Waals surface area (Å²) in [5.74, 6) is 0.849. The summed E-state index contributed by atoms with van der Waals surface area (Å²) in [5.41, 5.74) is 1.44. The Bertz CT molecular complexity index is 719. The van der Waals surface area contributed by atoms with Gasteiger partial charge in [-0.15, -0.1) is 0 Å². The molecule has 0 saturated carbocycles. The number of aliphatic hydroxyl groups is 1. The molecule has 3 heterocycles. The van der Waals surface area contributed by atoms with Gasteiger partial charge < -0.3 is 10.0 Å². The third-order valence-electron chi connectivity index (χ3n) is 4.34. The summed E-state index contributed by atoms with van der Waals surface area (Å²) in [6, 6.07) is 2.39. The molecule has 1 aliphatic heterocycles. The first-order valence-electron chi connectivity index (χ1n) is 7.75. The van der Waals surface area contributed by atoms with Gasteiger partial charge in [0.05, 0.1) is 6.20 Å². The van der Waals surface area contributed by atoms with Crippen molar-refractivity contribution in [2.24, 2.45) is 5.92 Å². The van der Waals surface area contributed by atoms with E-state index < -0.39 is 0 Å². The molecule has 0 spiro atoms. The first kappa shape index (κ1) is 15.4. The van der Waals surface area contributed by atoms with Gasteiger partial charge in [-0.3, -0.25) is 4.68 Å². The van der Waals surface area contributed by atoms with Crippen LogP contribution in [0.4, 0.5) is 5.82 Å². The van der Waals surface area contributed by atoms with Crippen molar-refractivity contribution in [3.8, 4) is 6.07 Å². The van der Waals surface area contributed by atoms with Crippen molar-refractivity contribution >= 4 is 5.82 Å². The molecule has 1 fully saturated rings. The molecule has 0 unspecified atom stereocenters.